The second kappa shape index (κ2) is 7.73. The lowest BCUT2D eigenvalue weighted by molar-refractivity contribution is 0.0747. The summed E-state index contributed by atoms with van der Waals surface area (Å²) < 4.78 is 0. The van der Waals surface area contributed by atoms with Crippen LogP contribution in [0.25, 0.3) is 11.1 Å². The van der Waals surface area contributed by atoms with Gasteiger partial charge in [0.2, 0.25) is 5.91 Å². The van der Waals surface area contributed by atoms with Crippen molar-refractivity contribution < 1.29 is 9.59 Å². The molecule has 1 saturated carbocycles. The van der Waals surface area contributed by atoms with Crippen molar-refractivity contribution in [2.24, 2.45) is 11.7 Å². The summed E-state index contributed by atoms with van der Waals surface area (Å²) >= 11 is 0. The quantitative estimate of drug-likeness (QED) is 0.819. The molecule has 2 N–H and O–H groups in total. The van der Waals surface area contributed by atoms with Crippen molar-refractivity contribution in [3.63, 3.8) is 0 Å². The molecule has 4 nitrogen and oxygen atoms in total. The molecule has 0 bridgehead atoms. The van der Waals surface area contributed by atoms with Crippen LogP contribution < -0.4 is 5.73 Å². The third-order valence-corrected chi connectivity index (χ3v) is 4.92. The first-order valence-electron chi connectivity index (χ1n) is 9.29. The van der Waals surface area contributed by atoms with Crippen LogP contribution >= 0.6 is 0 Å². The monoisotopic (exact) mass is 350 g/mol. The SMILES string of the molecule is CCCN(CC1CC1)C(=O)c1ccc(-c2cc(C(N)=O)ccc2C)cc1. The zero-order valence-corrected chi connectivity index (χ0v) is 15.5. The zero-order valence-electron chi connectivity index (χ0n) is 15.5. The van der Waals surface area contributed by atoms with Gasteiger partial charge in [0.25, 0.3) is 5.91 Å². The van der Waals surface area contributed by atoms with Crippen LogP contribution in [0.3, 0.4) is 0 Å². The number of nitrogens with two attached hydrogens (primary N) is 1. The van der Waals surface area contributed by atoms with Gasteiger partial charge in [-0.3, -0.25) is 9.59 Å². The van der Waals surface area contributed by atoms with E-state index in [1.165, 1.54) is 12.8 Å². The van der Waals surface area contributed by atoms with Crippen LogP contribution in [-0.2, 0) is 0 Å². The molecule has 0 saturated heterocycles. The van der Waals surface area contributed by atoms with Crippen LogP contribution in [0.4, 0.5) is 0 Å². The number of nitrogens with zero attached hydrogens (tertiary/aromatic N) is 1. The van der Waals surface area contributed by atoms with Crippen molar-refractivity contribution in [1.29, 1.82) is 0 Å². The fourth-order valence-corrected chi connectivity index (χ4v) is 3.22. The van der Waals surface area contributed by atoms with E-state index in [0.29, 0.717) is 17.0 Å². The molecule has 2 aromatic rings. The summed E-state index contributed by atoms with van der Waals surface area (Å²) in [7, 11) is 0. The molecular formula is C22H26N2O2. The topological polar surface area (TPSA) is 63.4 Å². The summed E-state index contributed by atoms with van der Waals surface area (Å²) in [6.07, 6.45) is 3.44. The number of aryl methyl sites for hydroxylation is 1. The maximum Gasteiger partial charge on any atom is 0.253 e. The first kappa shape index (κ1) is 18.2. The van der Waals surface area contributed by atoms with E-state index in [0.717, 1.165) is 36.2 Å². The van der Waals surface area contributed by atoms with Crippen LogP contribution in [0.2, 0.25) is 0 Å². The molecule has 1 aliphatic rings. The average Bonchev–Trinajstić information content (AvgIpc) is 3.45. The van der Waals surface area contributed by atoms with Gasteiger partial charge < -0.3 is 10.6 Å². The molecule has 3 rings (SSSR count). The molecule has 4 heteroatoms. The molecule has 2 aromatic carbocycles. The van der Waals surface area contributed by atoms with Crippen molar-refractivity contribution >= 4 is 11.8 Å². The first-order valence-corrected chi connectivity index (χ1v) is 9.29. The van der Waals surface area contributed by atoms with Gasteiger partial charge in [-0.05, 0) is 73.1 Å². The van der Waals surface area contributed by atoms with Crippen LogP contribution in [0.5, 0.6) is 0 Å². The highest BCUT2D eigenvalue weighted by Gasteiger charge is 2.26. The predicted octanol–water partition coefficient (Wildman–Crippen LogP) is 4.02. The van der Waals surface area contributed by atoms with Gasteiger partial charge in [-0.1, -0.05) is 25.1 Å². The molecule has 26 heavy (non-hydrogen) atoms. The molecule has 0 unspecified atom stereocenters. The third kappa shape index (κ3) is 4.13. The largest absolute Gasteiger partial charge is 0.366 e. The summed E-state index contributed by atoms with van der Waals surface area (Å²) in [5, 5.41) is 0. The van der Waals surface area contributed by atoms with Crippen molar-refractivity contribution in [3.8, 4) is 11.1 Å². The Morgan fingerprint density at radius 3 is 2.31 bits per heavy atom. The van der Waals surface area contributed by atoms with Gasteiger partial charge in [0.05, 0.1) is 0 Å². The minimum absolute atomic E-state index is 0.105. The fourth-order valence-electron chi connectivity index (χ4n) is 3.22. The minimum Gasteiger partial charge on any atom is -0.366 e. The smallest absolute Gasteiger partial charge is 0.253 e. The molecule has 136 valence electrons. The van der Waals surface area contributed by atoms with Crippen molar-refractivity contribution in [2.75, 3.05) is 13.1 Å². The summed E-state index contributed by atoms with van der Waals surface area (Å²) in [6, 6.07) is 13.1. The van der Waals surface area contributed by atoms with E-state index in [1.54, 1.807) is 6.07 Å². The number of hydrogen-bond acceptors (Lipinski definition) is 2. The van der Waals surface area contributed by atoms with Crippen LogP contribution in [0, 0.1) is 12.8 Å². The predicted molar refractivity (Wildman–Crippen MR) is 104 cm³/mol. The number of hydrogen-bond donors (Lipinski definition) is 1. The van der Waals surface area contributed by atoms with Gasteiger partial charge in [-0.15, -0.1) is 0 Å². The van der Waals surface area contributed by atoms with Gasteiger partial charge in [-0.25, -0.2) is 0 Å². The van der Waals surface area contributed by atoms with Crippen molar-refractivity contribution in [2.45, 2.75) is 33.1 Å². The molecule has 0 aliphatic heterocycles. The van der Waals surface area contributed by atoms with Crippen LogP contribution in [0.15, 0.2) is 42.5 Å². The number of primary amides is 1. The van der Waals surface area contributed by atoms with E-state index in [2.05, 4.69) is 6.92 Å². The van der Waals surface area contributed by atoms with E-state index < -0.39 is 5.91 Å². The molecule has 1 aliphatic carbocycles. The summed E-state index contributed by atoms with van der Waals surface area (Å²) in [5.74, 6) is 0.352. The highest BCUT2D eigenvalue weighted by atomic mass is 16.2. The maximum atomic E-state index is 12.8. The van der Waals surface area contributed by atoms with Crippen molar-refractivity contribution in [3.05, 3.63) is 59.2 Å². The Balaban J connectivity index is 1.82. The summed E-state index contributed by atoms with van der Waals surface area (Å²) in [6.45, 7) is 5.77. The molecule has 0 heterocycles. The Labute approximate surface area is 155 Å². The lowest BCUT2D eigenvalue weighted by Gasteiger charge is -2.22. The summed E-state index contributed by atoms with van der Waals surface area (Å²) in [4.78, 5) is 26.2. The van der Waals surface area contributed by atoms with E-state index in [9.17, 15) is 9.59 Å². The fraction of sp³-hybridized carbons (Fsp3) is 0.364. The second-order valence-corrected chi connectivity index (χ2v) is 7.17. The normalized spacial score (nSPS) is 13.5. The Kier molecular flexibility index (Phi) is 5.40. The van der Waals surface area contributed by atoms with Gasteiger partial charge in [0.1, 0.15) is 0 Å². The highest BCUT2D eigenvalue weighted by Crippen LogP contribution is 2.30. The molecule has 2 amide bonds. The number of carbonyl (C=O) groups excluding carboxylic acids is 2. The molecular weight excluding hydrogens is 324 g/mol. The highest BCUT2D eigenvalue weighted by molar-refractivity contribution is 5.96. The molecule has 0 radical (unpaired) electrons. The van der Waals surface area contributed by atoms with E-state index >= 15 is 0 Å². The molecule has 0 atom stereocenters. The third-order valence-electron chi connectivity index (χ3n) is 4.92. The molecule has 0 spiro atoms. The Bertz CT molecular complexity index is 807. The van der Waals surface area contributed by atoms with E-state index in [-0.39, 0.29) is 5.91 Å². The van der Waals surface area contributed by atoms with Crippen LogP contribution in [-0.4, -0.2) is 29.8 Å². The van der Waals surface area contributed by atoms with E-state index in [4.69, 9.17) is 5.73 Å². The lowest BCUT2D eigenvalue weighted by Crippen LogP contribution is -2.33. The zero-order chi connectivity index (χ0) is 18.7. The number of amides is 2. The Morgan fingerprint density at radius 2 is 1.73 bits per heavy atom. The number of carbonyl (C=O) groups is 2. The second-order valence-electron chi connectivity index (χ2n) is 7.17. The first-order chi connectivity index (χ1) is 12.5. The Hall–Kier alpha value is -2.62. The van der Waals surface area contributed by atoms with Gasteiger partial charge >= 0.3 is 0 Å². The number of rotatable bonds is 7. The van der Waals surface area contributed by atoms with Gasteiger partial charge in [-0.2, -0.15) is 0 Å². The maximum absolute atomic E-state index is 12.8. The van der Waals surface area contributed by atoms with Gasteiger partial charge in [0.15, 0.2) is 0 Å². The standard InChI is InChI=1S/C22H26N2O2/c1-3-12-24(14-16-5-6-16)22(26)18-10-8-17(9-11-18)20-13-19(21(23)25)7-4-15(20)2/h4,7-11,13,16H,3,5-6,12,14H2,1-2H3,(H2,23,25). The van der Waals surface area contributed by atoms with Crippen molar-refractivity contribution in [1.82, 2.24) is 4.90 Å². The van der Waals surface area contributed by atoms with E-state index in [1.807, 2.05) is 48.2 Å². The Morgan fingerprint density at radius 1 is 1.08 bits per heavy atom. The van der Waals surface area contributed by atoms with Crippen LogP contribution in [0.1, 0.15) is 52.5 Å². The number of benzene rings is 2. The molecule has 1 fully saturated rings. The van der Waals surface area contributed by atoms with Gasteiger partial charge in [0, 0.05) is 24.2 Å². The molecule has 0 aromatic heterocycles. The summed E-state index contributed by atoms with van der Waals surface area (Å²) in [5.41, 5.74) is 9.60. The lowest BCUT2D eigenvalue weighted by atomic mass is 9.97. The average molecular weight is 350 g/mol. The minimum atomic E-state index is -0.437.